The van der Waals surface area contributed by atoms with Crippen LogP contribution in [0.5, 0.6) is 11.5 Å². The van der Waals surface area contributed by atoms with Crippen LogP contribution < -0.4 is 4.74 Å². The lowest BCUT2D eigenvalue weighted by Gasteiger charge is -2.07. The van der Waals surface area contributed by atoms with Crippen LogP contribution in [0.4, 0.5) is 0 Å². The van der Waals surface area contributed by atoms with Crippen molar-refractivity contribution >= 4 is 11.0 Å². The Bertz CT molecular complexity index is 913. The molecular formula is C19H13N2O. The molecule has 4 rings (SSSR count). The zero-order valence-electron chi connectivity index (χ0n) is 11.8. The maximum absolute atomic E-state index is 5.88. The minimum Gasteiger partial charge on any atom is -0.457 e. The molecular weight excluding hydrogens is 272 g/mol. The van der Waals surface area contributed by atoms with Crippen LogP contribution in [0, 0.1) is 6.07 Å². The molecule has 0 aliphatic carbocycles. The van der Waals surface area contributed by atoms with Crippen molar-refractivity contribution in [1.82, 2.24) is 9.97 Å². The molecule has 1 radical (unpaired) electrons. The highest BCUT2D eigenvalue weighted by Gasteiger charge is 2.08. The fourth-order valence-electron chi connectivity index (χ4n) is 2.47. The molecule has 0 amide bonds. The van der Waals surface area contributed by atoms with Gasteiger partial charge in [-0.3, -0.25) is 0 Å². The molecule has 4 aromatic rings. The number of fused-ring (bicyclic) bond motifs is 1. The first-order valence-corrected chi connectivity index (χ1v) is 7.07. The Labute approximate surface area is 128 Å². The summed E-state index contributed by atoms with van der Waals surface area (Å²) < 4.78 is 5.88. The van der Waals surface area contributed by atoms with Crippen LogP contribution in [-0.2, 0) is 0 Å². The molecule has 105 valence electrons. The average molecular weight is 285 g/mol. The van der Waals surface area contributed by atoms with Gasteiger partial charge in [0.15, 0.2) is 0 Å². The SMILES string of the molecule is [c]1ccc(Oc2ccccc2)cc1-c1c[nH]c2ncccc12. The van der Waals surface area contributed by atoms with E-state index in [2.05, 4.69) is 16.0 Å². The molecule has 0 atom stereocenters. The van der Waals surface area contributed by atoms with Gasteiger partial charge >= 0.3 is 0 Å². The van der Waals surface area contributed by atoms with E-state index < -0.39 is 0 Å². The Balaban J connectivity index is 1.73. The van der Waals surface area contributed by atoms with Gasteiger partial charge in [-0.1, -0.05) is 24.3 Å². The van der Waals surface area contributed by atoms with E-state index in [0.29, 0.717) is 0 Å². The van der Waals surface area contributed by atoms with Gasteiger partial charge in [-0.25, -0.2) is 4.98 Å². The van der Waals surface area contributed by atoms with E-state index in [1.54, 1.807) is 6.20 Å². The highest BCUT2D eigenvalue weighted by Crippen LogP contribution is 2.30. The molecule has 0 aliphatic heterocycles. The van der Waals surface area contributed by atoms with Gasteiger partial charge in [-0.05, 0) is 48.0 Å². The standard InChI is InChI=1S/C19H13N2O/c1-2-7-15(8-3-1)22-16-9-4-6-14(12-16)18-13-21-19-17(18)10-5-11-20-19/h1-5,7-13H,(H,20,21). The third-order valence-electron chi connectivity index (χ3n) is 3.49. The van der Waals surface area contributed by atoms with E-state index in [1.165, 1.54) is 0 Å². The highest BCUT2D eigenvalue weighted by atomic mass is 16.5. The Morgan fingerprint density at radius 3 is 2.77 bits per heavy atom. The van der Waals surface area contributed by atoms with Gasteiger partial charge in [0.25, 0.3) is 0 Å². The summed E-state index contributed by atoms with van der Waals surface area (Å²) in [5, 5.41) is 1.08. The van der Waals surface area contributed by atoms with Crippen molar-refractivity contribution < 1.29 is 4.74 Å². The van der Waals surface area contributed by atoms with Crippen molar-refractivity contribution in [3.63, 3.8) is 0 Å². The van der Waals surface area contributed by atoms with Crippen molar-refractivity contribution in [3.05, 3.63) is 79.1 Å². The summed E-state index contributed by atoms with van der Waals surface area (Å²) in [6, 6.07) is 22.8. The van der Waals surface area contributed by atoms with E-state index in [4.69, 9.17) is 4.74 Å². The third-order valence-corrected chi connectivity index (χ3v) is 3.49. The number of aromatic nitrogens is 2. The summed E-state index contributed by atoms with van der Waals surface area (Å²) in [6.45, 7) is 0. The normalized spacial score (nSPS) is 10.7. The molecule has 3 nitrogen and oxygen atoms in total. The Kier molecular flexibility index (Phi) is 3.09. The van der Waals surface area contributed by atoms with Gasteiger partial charge in [0, 0.05) is 23.3 Å². The molecule has 0 bridgehead atoms. The lowest BCUT2D eigenvalue weighted by atomic mass is 10.1. The Morgan fingerprint density at radius 1 is 0.955 bits per heavy atom. The van der Waals surface area contributed by atoms with Crippen LogP contribution in [0.2, 0.25) is 0 Å². The fourth-order valence-corrected chi connectivity index (χ4v) is 2.47. The molecule has 1 N–H and O–H groups in total. The van der Waals surface area contributed by atoms with Gasteiger partial charge in [0.2, 0.25) is 0 Å². The molecule has 0 fully saturated rings. The molecule has 0 aliphatic rings. The van der Waals surface area contributed by atoms with Crippen molar-refractivity contribution in [1.29, 1.82) is 0 Å². The van der Waals surface area contributed by atoms with Crippen molar-refractivity contribution in [3.8, 4) is 22.6 Å². The molecule has 0 unspecified atom stereocenters. The van der Waals surface area contributed by atoms with E-state index >= 15 is 0 Å². The molecule has 0 saturated carbocycles. The molecule has 2 aromatic heterocycles. The lowest BCUT2D eigenvalue weighted by Crippen LogP contribution is -1.84. The van der Waals surface area contributed by atoms with Gasteiger partial charge < -0.3 is 9.72 Å². The number of nitrogens with zero attached hydrogens (tertiary/aromatic N) is 1. The summed E-state index contributed by atoms with van der Waals surface area (Å²) >= 11 is 0. The van der Waals surface area contributed by atoms with Crippen molar-refractivity contribution in [2.24, 2.45) is 0 Å². The molecule has 0 saturated heterocycles. The second-order valence-electron chi connectivity index (χ2n) is 4.96. The third kappa shape index (κ3) is 2.33. The maximum Gasteiger partial charge on any atom is 0.137 e. The van der Waals surface area contributed by atoms with Gasteiger partial charge in [0.05, 0.1) is 0 Å². The predicted molar refractivity (Wildman–Crippen MR) is 86.9 cm³/mol. The number of para-hydroxylation sites is 1. The quantitative estimate of drug-likeness (QED) is 0.586. The predicted octanol–water partition coefficient (Wildman–Crippen LogP) is 4.82. The average Bonchev–Trinajstić information content (AvgIpc) is 3.00. The summed E-state index contributed by atoms with van der Waals surface area (Å²) in [4.78, 5) is 7.50. The number of hydrogen-bond acceptors (Lipinski definition) is 2. The van der Waals surface area contributed by atoms with E-state index in [9.17, 15) is 0 Å². The highest BCUT2D eigenvalue weighted by molar-refractivity contribution is 5.93. The van der Waals surface area contributed by atoms with Gasteiger partial charge in [-0.15, -0.1) is 0 Å². The van der Waals surface area contributed by atoms with Crippen LogP contribution in [0.25, 0.3) is 22.2 Å². The topological polar surface area (TPSA) is 37.9 Å². The van der Waals surface area contributed by atoms with Crippen LogP contribution >= 0.6 is 0 Å². The van der Waals surface area contributed by atoms with E-state index in [1.807, 2.05) is 66.9 Å². The molecule has 3 heteroatoms. The summed E-state index contributed by atoms with van der Waals surface area (Å²) in [5.41, 5.74) is 2.93. The Morgan fingerprint density at radius 2 is 1.86 bits per heavy atom. The summed E-state index contributed by atoms with van der Waals surface area (Å²) in [6.07, 6.45) is 3.73. The van der Waals surface area contributed by atoms with Crippen LogP contribution in [0.3, 0.4) is 0 Å². The number of hydrogen-bond donors (Lipinski definition) is 1. The number of H-pyrrole nitrogens is 1. The summed E-state index contributed by atoms with van der Waals surface area (Å²) in [5.74, 6) is 1.61. The first-order chi connectivity index (χ1) is 10.9. The lowest BCUT2D eigenvalue weighted by molar-refractivity contribution is 0.483. The monoisotopic (exact) mass is 285 g/mol. The Hall–Kier alpha value is -3.07. The first kappa shape index (κ1) is 12.7. The number of ether oxygens (including phenoxy) is 1. The molecule has 2 heterocycles. The van der Waals surface area contributed by atoms with E-state index in [-0.39, 0.29) is 0 Å². The number of benzene rings is 2. The molecule has 22 heavy (non-hydrogen) atoms. The zero-order valence-corrected chi connectivity index (χ0v) is 11.8. The van der Waals surface area contributed by atoms with Crippen LogP contribution in [0.1, 0.15) is 0 Å². The minimum atomic E-state index is 0.790. The number of rotatable bonds is 3. The fraction of sp³-hybridized carbons (Fsp3) is 0. The first-order valence-electron chi connectivity index (χ1n) is 7.07. The maximum atomic E-state index is 5.88. The number of pyridine rings is 1. The van der Waals surface area contributed by atoms with Crippen LogP contribution in [-0.4, -0.2) is 9.97 Å². The van der Waals surface area contributed by atoms with Crippen LogP contribution in [0.15, 0.2) is 73.1 Å². The second kappa shape index (κ2) is 5.37. The zero-order chi connectivity index (χ0) is 14.8. The minimum absolute atomic E-state index is 0.790. The molecule has 0 spiro atoms. The second-order valence-corrected chi connectivity index (χ2v) is 4.96. The van der Waals surface area contributed by atoms with Gasteiger partial charge in [0.1, 0.15) is 17.1 Å². The number of aromatic amines is 1. The number of nitrogens with one attached hydrogen (secondary N) is 1. The van der Waals surface area contributed by atoms with Gasteiger partial charge in [-0.2, -0.15) is 0 Å². The summed E-state index contributed by atoms with van der Waals surface area (Å²) in [7, 11) is 0. The van der Waals surface area contributed by atoms with Crippen molar-refractivity contribution in [2.45, 2.75) is 0 Å². The van der Waals surface area contributed by atoms with Crippen molar-refractivity contribution in [2.75, 3.05) is 0 Å². The molecule has 2 aromatic carbocycles. The largest absolute Gasteiger partial charge is 0.457 e. The smallest absolute Gasteiger partial charge is 0.137 e. The van der Waals surface area contributed by atoms with E-state index in [0.717, 1.165) is 33.7 Å².